The monoisotopic (exact) mass is 399 g/mol. The van der Waals surface area contributed by atoms with Crippen molar-refractivity contribution in [1.82, 2.24) is 9.88 Å². The summed E-state index contributed by atoms with van der Waals surface area (Å²) in [5, 5.41) is 2.90. The summed E-state index contributed by atoms with van der Waals surface area (Å²) in [5.41, 5.74) is 4.35. The van der Waals surface area contributed by atoms with Gasteiger partial charge in [0.1, 0.15) is 12.4 Å². The number of aromatic nitrogens is 1. The predicted octanol–water partition coefficient (Wildman–Crippen LogP) is 5.37. The van der Waals surface area contributed by atoms with Crippen LogP contribution in [0.3, 0.4) is 0 Å². The van der Waals surface area contributed by atoms with Crippen LogP contribution in [0.5, 0.6) is 5.75 Å². The minimum absolute atomic E-state index is 0.0710. The molecule has 1 saturated heterocycles. The van der Waals surface area contributed by atoms with Crippen LogP contribution in [0, 0.1) is 0 Å². The normalized spacial score (nSPS) is 13.6. The van der Waals surface area contributed by atoms with Gasteiger partial charge in [-0.1, -0.05) is 54.1 Å². The number of ether oxygens (including phenoxy) is 1. The quantitative estimate of drug-likeness (QED) is 0.627. The van der Waals surface area contributed by atoms with Crippen molar-refractivity contribution in [3.63, 3.8) is 0 Å². The fourth-order valence-electron chi connectivity index (χ4n) is 3.45. The Morgan fingerprint density at radius 1 is 1.03 bits per heavy atom. The molecule has 1 aliphatic rings. The molecule has 5 heteroatoms. The van der Waals surface area contributed by atoms with E-state index in [1.54, 1.807) is 12.4 Å². The molecule has 152 valence electrons. The number of carbonyl (C=O) groups excluding carboxylic acids is 1. The number of hydrogen-bond acceptors (Lipinski definition) is 3. The average molecular weight is 399 g/mol. The number of nitrogens with zero attached hydrogens (tertiary/aromatic N) is 2. The van der Waals surface area contributed by atoms with Gasteiger partial charge in [0.15, 0.2) is 0 Å². The lowest BCUT2D eigenvalue weighted by molar-refractivity contribution is 0.208. The van der Waals surface area contributed by atoms with Crippen LogP contribution in [-0.4, -0.2) is 29.0 Å². The average Bonchev–Trinajstić information content (AvgIpc) is 2.80. The Bertz CT molecular complexity index is 993. The first kappa shape index (κ1) is 19.7. The fourth-order valence-corrected chi connectivity index (χ4v) is 3.45. The van der Waals surface area contributed by atoms with Crippen molar-refractivity contribution in [3.8, 4) is 5.75 Å². The SMILES string of the molecule is O=C(Nc1cccnc1)N1CCC(=Cc2cccc(OCc3ccccc3)c2)CC1. The lowest BCUT2D eigenvalue weighted by Crippen LogP contribution is -2.39. The van der Waals surface area contributed by atoms with Crippen LogP contribution in [0.4, 0.5) is 10.5 Å². The molecule has 0 saturated carbocycles. The number of amides is 2. The molecule has 2 amide bonds. The molecular weight excluding hydrogens is 374 g/mol. The lowest BCUT2D eigenvalue weighted by atomic mass is 10.0. The van der Waals surface area contributed by atoms with Crippen LogP contribution in [0.25, 0.3) is 6.08 Å². The Kier molecular flexibility index (Phi) is 6.40. The van der Waals surface area contributed by atoms with Crippen LogP contribution < -0.4 is 10.1 Å². The molecule has 0 unspecified atom stereocenters. The summed E-state index contributed by atoms with van der Waals surface area (Å²) in [6.45, 7) is 1.98. The number of anilines is 1. The molecule has 1 N–H and O–H groups in total. The van der Waals surface area contributed by atoms with Gasteiger partial charge in [0.2, 0.25) is 0 Å². The zero-order valence-corrected chi connectivity index (χ0v) is 16.8. The molecule has 0 radical (unpaired) electrons. The number of rotatable bonds is 5. The molecule has 0 spiro atoms. The second kappa shape index (κ2) is 9.74. The Labute approximate surface area is 177 Å². The standard InChI is InChI=1S/C25H25N3O2/c29-25(27-23-9-5-13-26-18-23)28-14-11-20(12-15-28)16-22-8-4-10-24(17-22)30-19-21-6-2-1-3-7-21/h1-10,13,16-18H,11-12,14-15,19H2,(H,27,29). The number of likely N-dealkylation sites (tertiary alicyclic amines) is 1. The van der Waals surface area contributed by atoms with Gasteiger partial charge < -0.3 is 15.0 Å². The van der Waals surface area contributed by atoms with Crippen LogP contribution in [0.2, 0.25) is 0 Å². The maximum Gasteiger partial charge on any atom is 0.321 e. The molecule has 0 aliphatic carbocycles. The van der Waals surface area contributed by atoms with Gasteiger partial charge in [0.05, 0.1) is 11.9 Å². The molecule has 4 rings (SSSR count). The van der Waals surface area contributed by atoms with E-state index in [1.165, 1.54) is 5.57 Å². The van der Waals surface area contributed by atoms with Crippen molar-refractivity contribution in [2.75, 3.05) is 18.4 Å². The van der Waals surface area contributed by atoms with Crippen molar-refractivity contribution < 1.29 is 9.53 Å². The number of urea groups is 1. The molecular formula is C25H25N3O2. The second-order valence-electron chi connectivity index (χ2n) is 7.31. The minimum atomic E-state index is -0.0710. The number of carbonyl (C=O) groups is 1. The highest BCUT2D eigenvalue weighted by Crippen LogP contribution is 2.23. The molecule has 1 aliphatic heterocycles. The number of benzene rings is 2. The zero-order valence-electron chi connectivity index (χ0n) is 16.8. The largest absolute Gasteiger partial charge is 0.489 e. The highest BCUT2D eigenvalue weighted by atomic mass is 16.5. The maximum atomic E-state index is 12.4. The van der Waals surface area contributed by atoms with Gasteiger partial charge in [-0.25, -0.2) is 4.79 Å². The van der Waals surface area contributed by atoms with E-state index in [0.29, 0.717) is 19.7 Å². The van der Waals surface area contributed by atoms with E-state index in [1.807, 2.05) is 47.4 Å². The Morgan fingerprint density at radius 2 is 1.87 bits per heavy atom. The molecule has 3 aromatic rings. The first-order valence-electron chi connectivity index (χ1n) is 10.2. The van der Waals surface area contributed by atoms with Crippen molar-refractivity contribution >= 4 is 17.8 Å². The summed E-state index contributed by atoms with van der Waals surface area (Å²) in [4.78, 5) is 18.3. The van der Waals surface area contributed by atoms with Crippen LogP contribution in [-0.2, 0) is 6.61 Å². The smallest absolute Gasteiger partial charge is 0.321 e. The first-order valence-corrected chi connectivity index (χ1v) is 10.2. The third kappa shape index (κ3) is 5.47. The molecule has 0 bridgehead atoms. The summed E-state index contributed by atoms with van der Waals surface area (Å²) in [6.07, 6.45) is 7.30. The fraction of sp³-hybridized carbons (Fsp3) is 0.200. The van der Waals surface area contributed by atoms with Gasteiger partial charge in [-0.05, 0) is 48.2 Å². The van der Waals surface area contributed by atoms with E-state index in [9.17, 15) is 4.79 Å². The third-order valence-corrected chi connectivity index (χ3v) is 5.08. The van der Waals surface area contributed by atoms with Crippen molar-refractivity contribution in [2.24, 2.45) is 0 Å². The Morgan fingerprint density at radius 3 is 2.63 bits per heavy atom. The molecule has 2 heterocycles. The molecule has 0 atom stereocenters. The third-order valence-electron chi connectivity index (χ3n) is 5.08. The molecule has 1 aromatic heterocycles. The van der Waals surface area contributed by atoms with Crippen molar-refractivity contribution in [3.05, 3.63) is 95.8 Å². The lowest BCUT2D eigenvalue weighted by Gasteiger charge is -2.28. The number of piperidine rings is 1. The number of nitrogens with one attached hydrogen (secondary N) is 1. The van der Waals surface area contributed by atoms with Gasteiger partial charge in [-0.2, -0.15) is 0 Å². The van der Waals surface area contributed by atoms with Crippen molar-refractivity contribution in [1.29, 1.82) is 0 Å². The highest BCUT2D eigenvalue weighted by molar-refractivity contribution is 5.89. The van der Waals surface area contributed by atoms with Gasteiger partial charge in [0, 0.05) is 19.3 Å². The van der Waals surface area contributed by atoms with Gasteiger partial charge in [-0.15, -0.1) is 0 Å². The summed E-state index contributed by atoms with van der Waals surface area (Å²) in [5.74, 6) is 0.862. The Hall–Kier alpha value is -3.60. The van der Waals surface area contributed by atoms with Gasteiger partial charge in [0.25, 0.3) is 0 Å². The molecule has 2 aromatic carbocycles. The molecule has 1 fully saturated rings. The van der Waals surface area contributed by atoms with Crippen LogP contribution >= 0.6 is 0 Å². The van der Waals surface area contributed by atoms with Crippen molar-refractivity contribution in [2.45, 2.75) is 19.4 Å². The highest BCUT2D eigenvalue weighted by Gasteiger charge is 2.19. The van der Waals surface area contributed by atoms with Gasteiger partial charge in [-0.3, -0.25) is 4.98 Å². The van der Waals surface area contributed by atoms with Crippen LogP contribution in [0.1, 0.15) is 24.0 Å². The van der Waals surface area contributed by atoms with E-state index in [2.05, 4.69) is 40.6 Å². The predicted molar refractivity (Wildman–Crippen MR) is 119 cm³/mol. The zero-order chi connectivity index (χ0) is 20.6. The summed E-state index contributed by atoms with van der Waals surface area (Å²) in [7, 11) is 0. The molecule has 5 nitrogen and oxygen atoms in total. The maximum absolute atomic E-state index is 12.4. The van der Waals surface area contributed by atoms with E-state index >= 15 is 0 Å². The molecule has 30 heavy (non-hydrogen) atoms. The van der Waals surface area contributed by atoms with Crippen LogP contribution in [0.15, 0.2) is 84.7 Å². The number of pyridine rings is 1. The topological polar surface area (TPSA) is 54.5 Å². The van der Waals surface area contributed by atoms with E-state index < -0.39 is 0 Å². The Balaban J connectivity index is 1.31. The van der Waals surface area contributed by atoms with E-state index in [-0.39, 0.29) is 6.03 Å². The van der Waals surface area contributed by atoms with Gasteiger partial charge >= 0.3 is 6.03 Å². The number of hydrogen-bond donors (Lipinski definition) is 1. The second-order valence-corrected chi connectivity index (χ2v) is 7.31. The van der Waals surface area contributed by atoms with E-state index in [0.717, 1.165) is 35.4 Å². The minimum Gasteiger partial charge on any atom is -0.489 e. The van der Waals surface area contributed by atoms with E-state index in [4.69, 9.17) is 4.74 Å². The first-order chi connectivity index (χ1) is 14.8. The summed E-state index contributed by atoms with van der Waals surface area (Å²) < 4.78 is 5.93. The summed E-state index contributed by atoms with van der Waals surface area (Å²) >= 11 is 0. The summed E-state index contributed by atoms with van der Waals surface area (Å²) in [6, 6.07) is 21.9.